The minimum absolute atomic E-state index is 0.334. The third kappa shape index (κ3) is 2.66. The third-order valence-corrected chi connectivity index (χ3v) is 4.58. The van der Waals surface area contributed by atoms with E-state index in [0.717, 1.165) is 25.7 Å². The van der Waals surface area contributed by atoms with Crippen molar-refractivity contribution in [1.29, 1.82) is 0 Å². The SMILES string of the molecule is Cc1ccc(C2(N)CCCC(C(C)C)C2)c(F)c1F. The van der Waals surface area contributed by atoms with Crippen molar-refractivity contribution in [2.75, 3.05) is 0 Å². The summed E-state index contributed by atoms with van der Waals surface area (Å²) >= 11 is 0. The number of nitrogens with two attached hydrogens (primary N) is 1. The fourth-order valence-corrected chi connectivity index (χ4v) is 3.20. The standard InChI is InChI=1S/C16H23F2N/c1-10(2)12-5-4-8-16(19,9-12)13-7-6-11(3)14(17)15(13)18/h6-7,10,12H,4-5,8-9,19H2,1-3H3. The van der Waals surface area contributed by atoms with Crippen molar-refractivity contribution >= 4 is 0 Å². The molecule has 0 aliphatic heterocycles. The van der Waals surface area contributed by atoms with Crippen molar-refractivity contribution in [3.63, 3.8) is 0 Å². The minimum Gasteiger partial charge on any atom is -0.321 e. The Morgan fingerprint density at radius 2 is 1.95 bits per heavy atom. The molecule has 2 N–H and O–H groups in total. The zero-order valence-corrected chi connectivity index (χ0v) is 12.0. The molecule has 3 heteroatoms. The fraction of sp³-hybridized carbons (Fsp3) is 0.625. The molecule has 2 atom stereocenters. The molecule has 1 fully saturated rings. The molecule has 106 valence electrons. The second-order valence-corrected chi connectivity index (χ2v) is 6.31. The summed E-state index contributed by atoms with van der Waals surface area (Å²) in [5, 5.41) is 0. The Morgan fingerprint density at radius 1 is 1.26 bits per heavy atom. The molecule has 1 aliphatic carbocycles. The van der Waals surface area contributed by atoms with E-state index in [2.05, 4.69) is 13.8 Å². The second kappa shape index (κ2) is 5.20. The van der Waals surface area contributed by atoms with Gasteiger partial charge in [0.05, 0.1) is 0 Å². The lowest BCUT2D eigenvalue weighted by Gasteiger charge is -2.40. The van der Waals surface area contributed by atoms with E-state index >= 15 is 0 Å². The zero-order valence-electron chi connectivity index (χ0n) is 12.0. The Hall–Kier alpha value is -0.960. The molecule has 1 aromatic rings. The monoisotopic (exact) mass is 267 g/mol. The maximum absolute atomic E-state index is 14.2. The molecule has 1 nitrogen and oxygen atoms in total. The van der Waals surface area contributed by atoms with Crippen LogP contribution in [0.25, 0.3) is 0 Å². The van der Waals surface area contributed by atoms with Crippen LogP contribution in [0, 0.1) is 30.4 Å². The molecule has 19 heavy (non-hydrogen) atoms. The lowest BCUT2D eigenvalue weighted by molar-refractivity contribution is 0.179. The van der Waals surface area contributed by atoms with Crippen LogP contribution in [0.4, 0.5) is 8.78 Å². The summed E-state index contributed by atoms with van der Waals surface area (Å²) in [6, 6.07) is 3.29. The maximum Gasteiger partial charge on any atom is 0.164 e. The molecular formula is C16H23F2N. The minimum atomic E-state index is -0.757. The van der Waals surface area contributed by atoms with Crippen LogP contribution in [0.3, 0.4) is 0 Å². The van der Waals surface area contributed by atoms with E-state index in [0.29, 0.717) is 23.0 Å². The van der Waals surface area contributed by atoms with E-state index in [1.807, 2.05) is 0 Å². The number of rotatable bonds is 2. The average molecular weight is 267 g/mol. The van der Waals surface area contributed by atoms with E-state index in [9.17, 15) is 8.78 Å². The van der Waals surface area contributed by atoms with Crippen molar-refractivity contribution in [1.82, 2.24) is 0 Å². The Morgan fingerprint density at radius 3 is 2.58 bits per heavy atom. The number of hydrogen-bond acceptors (Lipinski definition) is 1. The molecule has 2 unspecified atom stereocenters. The summed E-state index contributed by atoms with van der Waals surface area (Å²) in [7, 11) is 0. The first-order valence-electron chi connectivity index (χ1n) is 7.09. The van der Waals surface area contributed by atoms with Gasteiger partial charge in [-0.3, -0.25) is 0 Å². The van der Waals surface area contributed by atoms with Gasteiger partial charge < -0.3 is 5.73 Å². The molecule has 0 heterocycles. The normalized spacial score (nSPS) is 27.8. The first kappa shape index (κ1) is 14.4. The molecule has 0 spiro atoms. The maximum atomic E-state index is 14.2. The predicted octanol–water partition coefficient (Wildman–Crippen LogP) is 4.27. The largest absolute Gasteiger partial charge is 0.321 e. The number of aryl methyl sites for hydroxylation is 1. The number of hydrogen-bond donors (Lipinski definition) is 1. The van der Waals surface area contributed by atoms with Gasteiger partial charge in [-0.15, -0.1) is 0 Å². The summed E-state index contributed by atoms with van der Waals surface area (Å²) in [5.41, 5.74) is 6.39. The number of benzene rings is 1. The molecule has 0 radical (unpaired) electrons. The van der Waals surface area contributed by atoms with Crippen LogP contribution in [0.1, 0.15) is 50.7 Å². The molecule has 0 amide bonds. The van der Waals surface area contributed by atoms with Crippen LogP contribution in [0.5, 0.6) is 0 Å². The Balaban J connectivity index is 2.37. The van der Waals surface area contributed by atoms with Crippen LogP contribution in [0.15, 0.2) is 12.1 Å². The van der Waals surface area contributed by atoms with Gasteiger partial charge in [0.1, 0.15) is 0 Å². The lowest BCUT2D eigenvalue weighted by Crippen LogP contribution is -2.43. The van der Waals surface area contributed by atoms with Crippen molar-refractivity contribution < 1.29 is 8.78 Å². The highest BCUT2D eigenvalue weighted by Crippen LogP contribution is 2.42. The fourth-order valence-electron chi connectivity index (χ4n) is 3.20. The second-order valence-electron chi connectivity index (χ2n) is 6.31. The van der Waals surface area contributed by atoms with Gasteiger partial charge in [0, 0.05) is 11.1 Å². The zero-order chi connectivity index (χ0) is 14.2. The highest BCUT2D eigenvalue weighted by atomic mass is 19.2. The van der Waals surface area contributed by atoms with Gasteiger partial charge in [0.2, 0.25) is 0 Å². The average Bonchev–Trinajstić information content (AvgIpc) is 2.35. The van der Waals surface area contributed by atoms with E-state index in [4.69, 9.17) is 5.73 Å². The van der Waals surface area contributed by atoms with Crippen molar-refractivity contribution in [2.45, 2.75) is 52.0 Å². The Kier molecular flexibility index (Phi) is 3.95. The lowest BCUT2D eigenvalue weighted by atomic mass is 9.69. The summed E-state index contributed by atoms with van der Waals surface area (Å²) in [5.74, 6) is -0.495. The van der Waals surface area contributed by atoms with E-state index in [1.54, 1.807) is 19.1 Å². The van der Waals surface area contributed by atoms with Gasteiger partial charge >= 0.3 is 0 Å². The Labute approximate surface area is 114 Å². The predicted molar refractivity (Wildman–Crippen MR) is 73.8 cm³/mol. The van der Waals surface area contributed by atoms with E-state index in [-0.39, 0.29) is 0 Å². The molecule has 1 aliphatic rings. The van der Waals surface area contributed by atoms with Gasteiger partial charge in [0.25, 0.3) is 0 Å². The van der Waals surface area contributed by atoms with Gasteiger partial charge in [-0.2, -0.15) is 0 Å². The van der Waals surface area contributed by atoms with Crippen LogP contribution < -0.4 is 5.73 Å². The topological polar surface area (TPSA) is 26.0 Å². The summed E-state index contributed by atoms with van der Waals surface area (Å²) in [6.45, 7) is 5.91. The number of halogens is 2. The highest BCUT2D eigenvalue weighted by Gasteiger charge is 2.37. The van der Waals surface area contributed by atoms with Gasteiger partial charge in [-0.1, -0.05) is 38.8 Å². The van der Waals surface area contributed by atoms with E-state index in [1.165, 1.54) is 0 Å². The molecular weight excluding hydrogens is 244 g/mol. The Bertz CT molecular complexity index is 470. The molecule has 2 rings (SSSR count). The molecule has 0 bridgehead atoms. The summed E-state index contributed by atoms with van der Waals surface area (Å²) in [6.07, 6.45) is 3.58. The third-order valence-electron chi connectivity index (χ3n) is 4.58. The van der Waals surface area contributed by atoms with Crippen LogP contribution in [0.2, 0.25) is 0 Å². The first-order chi connectivity index (χ1) is 8.85. The molecule has 0 aromatic heterocycles. The van der Waals surface area contributed by atoms with Crippen LogP contribution in [-0.4, -0.2) is 0 Å². The summed E-state index contributed by atoms with van der Waals surface area (Å²) < 4.78 is 27.9. The van der Waals surface area contributed by atoms with Crippen LogP contribution >= 0.6 is 0 Å². The van der Waals surface area contributed by atoms with Gasteiger partial charge in [-0.05, 0) is 37.2 Å². The van der Waals surface area contributed by atoms with Crippen molar-refractivity contribution in [2.24, 2.45) is 17.6 Å². The molecule has 0 saturated heterocycles. The first-order valence-corrected chi connectivity index (χ1v) is 7.09. The van der Waals surface area contributed by atoms with Gasteiger partial charge in [-0.25, -0.2) is 8.78 Å². The van der Waals surface area contributed by atoms with Crippen molar-refractivity contribution in [3.8, 4) is 0 Å². The van der Waals surface area contributed by atoms with Crippen molar-refractivity contribution in [3.05, 3.63) is 34.9 Å². The highest BCUT2D eigenvalue weighted by molar-refractivity contribution is 5.31. The quantitative estimate of drug-likeness (QED) is 0.850. The smallest absolute Gasteiger partial charge is 0.164 e. The summed E-state index contributed by atoms with van der Waals surface area (Å²) in [4.78, 5) is 0. The van der Waals surface area contributed by atoms with Crippen LogP contribution in [-0.2, 0) is 5.54 Å². The van der Waals surface area contributed by atoms with Gasteiger partial charge in [0.15, 0.2) is 11.6 Å². The molecule has 1 aromatic carbocycles. The van der Waals surface area contributed by atoms with E-state index < -0.39 is 17.2 Å². The molecule has 1 saturated carbocycles.